The van der Waals surface area contributed by atoms with E-state index in [0.717, 1.165) is 0 Å². The molecule has 0 N–H and O–H groups in total. The van der Waals surface area contributed by atoms with Crippen LogP contribution in [0.15, 0.2) is 22.8 Å². The van der Waals surface area contributed by atoms with Gasteiger partial charge in [-0.2, -0.15) is 0 Å². The van der Waals surface area contributed by atoms with Gasteiger partial charge in [0.1, 0.15) is 16.2 Å². The molecule has 0 spiro atoms. The van der Waals surface area contributed by atoms with E-state index in [0.29, 0.717) is 10.3 Å². The van der Waals surface area contributed by atoms with Crippen LogP contribution in [0.4, 0.5) is 4.79 Å². The van der Waals surface area contributed by atoms with Gasteiger partial charge in [-0.25, -0.2) is 9.78 Å². The molecule has 6 nitrogen and oxygen atoms in total. The fraction of sp³-hybridized carbons (Fsp3) is 0.500. The van der Waals surface area contributed by atoms with Crippen molar-refractivity contribution in [1.82, 2.24) is 9.88 Å². The SMILES string of the molecule is CC(C)(C)OC(=O)N1CC(=O)C[C@H]1C(=O)Cc1cccc(Br)n1. The second-order valence-electron chi connectivity index (χ2n) is 6.46. The lowest BCUT2D eigenvalue weighted by atomic mass is 10.1. The van der Waals surface area contributed by atoms with Crippen LogP contribution in [0.3, 0.4) is 0 Å². The van der Waals surface area contributed by atoms with E-state index < -0.39 is 17.7 Å². The highest BCUT2D eigenvalue weighted by molar-refractivity contribution is 9.10. The first-order valence-corrected chi connectivity index (χ1v) is 8.10. The number of Topliss-reactive ketones (excluding diaryl/α,β-unsaturated/α-hetero) is 2. The van der Waals surface area contributed by atoms with Crippen molar-refractivity contribution in [3.05, 3.63) is 28.5 Å². The number of rotatable bonds is 3. The molecule has 0 aromatic carbocycles. The average Bonchev–Trinajstić information content (AvgIpc) is 2.79. The summed E-state index contributed by atoms with van der Waals surface area (Å²) in [6.45, 7) is 5.14. The second-order valence-corrected chi connectivity index (χ2v) is 7.27. The Balaban J connectivity index is 2.10. The van der Waals surface area contributed by atoms with Crippen LogP contribution in [0.5, 0.6) is 0 Å². The Kier molecular flexibility index (Phi) is 5.19. The summed E-state index contributed by atoms with van der Waals surface area (Å²) in [5, 5.41) is 0. The molecule has 1 aromatic heterocycles. The highest BCUT2D eigenvalue weighted by Gasteiger charge is 2.40. The van der Waals surface area contributed by atoms with Gasteiger partial charge in [0.05, 0.1) is 13.0 Å². The van der Waals surface area contributed by atoms with Crippen molar-refractivity contribution < 1.29 is 19.1 Å². The number of ketones is 2. The zero-order valence-electron chi connectivity index (χ0n) is 13.3. The van der Waals surface area contributed by atoms with E-state index in [1.165, 1.54) is 4.90 Å². The molecule has 7 heteroatoms. The number of carbonyl (C=O) groups is 3. The summed E-state index contributed by atoms with van der Waals surface area (Å²) in [7, 11) is 0. The third-order valence-electron chi connectivity index (χ3n) is 3.27. The first kappa shape index (κ1) is 17.6. The van der Waals surface area contributed by atoms with Gasteiger partial charge in [0.25, 0.3) is 0 Å². The van der Waals surface area contributed by atoms with Crippen LogP contribution in [0.2, 0.25) is 0 Å². The molecular formula is C16H19BrN2O4. The highest BCUT2D eigenvalue weighted by Crippen LogP contribution is 2.21. The summed E-state index contributed by atoms with van der Waals surface area (Å²) in [5.41, 5.74) is -0.0878. The minimum absolute atomic E-state index is 0.0338. The predicted molar refractivity (Wildman–Crippen MR) is 87.0 cm³/mol. The van der Waals surface area contributed by atoms with Crippen molar-refractivity contribution in [3.8, 4) is 0 Å². The van der Waals surface area contributed by atoms with Crippen LogP contribution in [-0.2, 0) is 20.7 Å². The Morgan fingerprint density at radius 3 is 2.70 bits per heavy atom. The summed E-state index contributed by atoms with van der Waals surface area (Å²) in [5.74, 6) is -0.358. The molecule has 124 valence electrons. The van der Waals surface area contributed by atoms with Crippen LogP contribution in [0.25, 0.3) is 0 Å². The standard InChI is InChI=1S/C16H19BrN2O4/c1-16(2,3)23-15(22)19-9-11(20)8-12(19)13(21)7-10-5-4-6-14(17)18-10/h4-6,12H,7-9H2,1-3H3/t12-/m0/s1. The summed E-state index contributed by atoms with van der Waals surface area (Å²) < 4.78 is 5.91. The number of aromatic nitrogens is 1. The van der Waals surface area contributed by atoms with Crippen LogP contribution in [0.1, 0.15) is 32.9 Å². The van der Waals surface area contributed by atoms with Gasteiger partial charge in [0.15, 0.2) is 11.6 Å². The normalized spacial score (nSPS) is 18.2. The fourth-order valence-electron chi connectivity index (χ4n) is 2.34. The van der Waals surface area contributed by atoms with Crippen LogP contribution < -0.4 is 0 Å². The molecule has 0 radical (unpaired) electrons. The van der Waals surface area contributed by atoms with E-state index in [1.54, 1.807) is 39.0 Å². The molecule has 1 atom stereocenters. The molecule has 1 aromatic rings. The number of likely N-dealkylation sites (tertiary alicyclic amines) is 1. The average molecular weight is 383 g/mol. The van der Waals surface area contributed by atoms with Crippen LogP contribution in [-0.4, -0.2) is 45.7 Å². The minimum atomic E-state index is -0.780. The number of hydrogen-bond donors (Lipinski definition) is 0. The van der Waals surface area contributed by atoms with Gasteiger partial charge in [0, 0.05) is 12.1 Å². The third kappa shape index (κ3) is 4.86. The third-order valence-corrected chi connectivity index (χ3v) is 3.71. The molecule has 23 heavy (non-hydrogen) atoms. The first-order valence-electron chi connectivity index (χ1n) is 7.31. The Morgan fingerprint density at radius 2 is 2.09 bits per heavy atom. The second kappa shape index (κ2) is 6.78. The summed E-state index contributed by atoms with van der Waals surface area (Å²) in [6, 6.07) is 4.50. The predicted octanol–water partition coefficient (Wildman–Crippen LogP) is 2.53. The van der Waals surface area contributed by atoms with E-state index in [9.17, 15) is 14.4 Å². The van der Waals surface area contributed by atoms with Crippen molar-refractivity contribution in [2.75, 3.05) is 6.54 Å². The number of hydrogen-bond acceptors (Lipinski definition) is 5. The van der Waals surface area contributed by atoms with Gasteiger partial charge >= 0.3 is 6.09 Å². The van der Waals surface area contributed by atoms with Crippen molar-refractivity contribution in [2.24, 2.45) is 0 Å². The number of halogens is 1. The summed E-state index contributed by atoms with van der Waals surface area (Å²) in [6.07, 6.45) is -0.535. The molecule has 0 bridgehead atoms. The van der Waals surface area contributed by atoms with E-state index in [4.69, 9.17) is 4.74 Å². The topological polar surface area (TPSA) is 76.6 Å². The van der Waals surface area contributed by atoms with Gasteiger partial charge in [-0.05, 0) is 48.8 Å². The van der Waals surface area contributed by atoms with E-state index in [-0.39, 0.29) is 31.0 Å². The van der Waals surface area contributed by atoms with E-state index >= 15 is 0 Å². The molecular weight excluding hydrogens is 364 g/mol. The monoisotopic (exact) mass is 382 g/mol. The van der Waals surface area contributed by atoms with Gasteiger partial charge in [-0.3, -0.25) is 14.5 Å². The molecule has 1 amide bonds. The van der Waals surface area contributed by atoms with Gasteiger partial charge in [-0.15, -0.1) is 0 Å². The Bertz CT molecular complexity index is 639. The lowest BCUT2D eigenvalue weighted by molar-refractivity contribution is -0.123. The van der Waals surface area contributed by atoms with Gasteiger partial charge in [0.2, 0.25) is 0 Å². The zero-order chi connectivity index (χ0) is 17.2. The molecule has 1 aliphatic heterocycles. The molecule has 0 saturated carbocycles. The summed E-state index contributed by atoms with van der Waals surface area (Å²) in [4.78, 5) is 41.8. The molecule has 0 aliphatic carbocycles. The van der Waals surface area contributed by atoms with E-state index in [1.807, 2.05) is 0 Å². The van der Waals surface area contributed by atoms with Gasteiger partial charge in [-0.1, -0.05) is 6.07 Å². The molecule has 1 aliphatic rings. The first-order chi connectivity index (χ1) is 10.7. The Hall–Kier alpha value is -1.76. The molecule has 0 unspecified atom stereocenters. The molecule has 1 fully saturated rings. The largest absolute Gasteiger partial charge is 0.444 e. The Labute approximate surface area is 143 Å². The highest BCUT2D eigenvalue weighted by atomic mass is 79.9. The number of carbonyl (C=O) groups excluding carboxylic acids is 3. The summed E-state index contributed by atoms with van der Waals surface area (Å²) >= 11 is 3.25. The number of amides is 1. The number of ether oxygens (including phenoxy) is 1. The van der Waals surface area contributed by atoms with Gasteiger partial charge < -0.3 is 4.74 Å². The van der Waals surface area contributed by atoms with Crippen molar-refractivity contribution in [3.63, 3.8) is 0 Å². The fourth-order valence-corrected chi connectivity index (χ4v) is 2.72. The maximum absolute atomic E-state index is 12.5. The molecule has 2 heterocycles. The van der Waals surface area contributed by atoms with Crippen molar-refractivity contribution >= 4 is 33.6 Å². The van der Waals surface area contributed by atoms with Crippen molar-refractivity contribution in [1.29, 1.82) is 0 Å². The van der Waals surface area contributed by atoms with E-state index in [2.05, 4.69) is 20.9 Å². The number of nitrogens with zero attached hydrogens (tertiary/aromatic N) is 2. The maximum Gasteiger partial charge on any atom is 0.411 e. The van der Waals surface area contributed by atoms with Crippen LogP contribution in [0, 0.1) is 0 Å². The lowest BCUT2D eigenvalue weighted by Gasteiger charge is -2.27. The van der Waals surface area contributed by atoms with Crippen molar-refractivity contribution in [2.45, 2.75) is 45.3 Å². The minimum Gasteiger partial charge on any atom is -0.444 e. The Morgan fingerprint density at radius 1 is 1.39 bits per heavy atom. The number of pyridine rings is 1. The quantitative estimate of drug-likeness (QED) is 0.750. The van der Waals surface area contributed by atoms with Crippen LogP contribution >= 0.6 is 15.9 Å². The maximum atomic E-state index is 12.5. The zero-order valence-corrected chi connectivity index (χ0v) is 14.9. The molecule has 2 rings (SSSR count). The molecule has 1 saturated heterocycles. The lowest BCUT2D eigenvalue weighted by Crippen LogP contribution is -2.44. The smallest absolute Gasteiger partial charge is 0.411 e.